The Morgan fingerprint density at radius 3 is 0.730 bits per heavy atom. The predicted molar refractivity (Wildman–Crippen MR) is 564 cm³/mol. The highest BCUT2D eigenvalue weighted by Crippen LogP contribution is 2.26. The van der Waals surface area contributed by atoms with Crippen LogP contribution in [0.3, 0.4) is 0 Å². The van der Waals surface area contributed by atoms with Crippen molar-refractivity contribution in [3.05, 3.63) is 121 Å². The smallest absolute Gasteiger partial charge is 0.273 e. The molecule has 0 aliphatic carbocycles. The molecule has 0 radical (unpaired) electrons. The third-order valence-corrected chi connectivity index (χ3v) is 24.4. The van der Waals surface area contributed by atoms with Crippen LogP contribution in [-0.4, -0.2) is 251 Å². The molecule has 0 aliphatic heterocycles. The Morgan fingerprint density at radius 1 is 0.277 bits per heavy atom. The molecule has 0 spiro atoms. The summed E-state index contributed by atoms with van der Waals surface area (Å²) in [7, 11) is 6.29. The van der Waals surface area contributed by atoms with Crippen LogP contribution >= 0.6 is 0 Å². The summed E-state index contributed by atoms with van der Waals surface area (Å²) < 4.78 is 35.8. The number of nitrogens with one attached hydrogen (secondary N) is 11. The van der Waals surface area contributed by atoms with Crippen LogP contribution in [0.5, 0.6) is 0 Å². The zero-order valence-electron chi connectivity index (χ0n) is 93.9. The van der Waals surface area contributed by atoms with Crippen molar-refractivity contribution in [1.29, 1.82) is 0 Å². The maximum absolute atomic E-state index is 12.3. The van der Waals surface area contributed by atoms with Crippen LogP contribution in [0.4, 0.5) is 0 Å². The van der Waals surface area contributed by atoms with Crippen LogP contribution < -0.4 is 58.5 Å². The van der Waals surface area contributed by atoms with E-state index in [0.717, 1.165) is 238 Å². The standard InChI is InChI=1S/C17H31N3O2.C16H29N3O2.3C15H27N3O2.2C14H25N3O2/c1-7-9-10-20(6)12-17(4,5)11-18-16(21)15-13(3)14(8-2)22-19-15;1-6-9-17-10-16(5,8-3)11-18-15(20)14-12(4)13(7-2)21-19-14;1-7-12-11(3)13(17-20-12)14(19)16-9-15(4,5)10-18(6)8-2;1-6-8-16-9-15(4,5)10-17-14(19)13-11(3)12(7-2)20-18-13;1-5-8-16-10-15(4,7-3)11-17-14(19)13-9-12(6-2)20-18-13;1-6-11-8-12(16-19-11)13(18)15-9-14(3,4)10-17(5)7-2;1-5-7-15-9-14(3,4)10-16-13(18)12-8-11(6-2)19-17-12/h7-12H2,1-6H3,(H,18,21);17H,6-11H2,1-5H3,(H,18,20);7-10H2,1-6H3,(H,16,19);16H,6-10H2,1-5H3,(H,17,19);9,16H,5-8,10-11H2,1-4H3,(H,17,19);8H,6-7,9-10H2,1-5H3,(H,15,18);8,15H,5-7,9-10H2,1-4H3,(H,16,18). The second-order valence-electron chi connectivity index (χ2n) is 41.7. The van der Waals surface area contributed by atoms with E-state index >= 15 is 0 Å². The third-order valence-electron chi connectivity index (χ3n) is 24.4. The largest absolute Gasteiger partial charge is 0.361 e. The molecule has 0 aromatic carbocycles. The molecule has 35 nitrogen and oxygen atoms in total. The van der Waals surface area contributed by atoms with E-state index in [1.54, 1.807) is 18.2 Å². The molecule has 11 N–H and O–H groups in total. The second kappa shape index (κ2) is 67.2. The van der Waals surface area contributed by atoms with E-state index < -0.39 is 0 Å². The van der Waals surface area contributed by atoms with Crippen LogP contribution in [0.2, 0.25) is 0 Å². The molecule has 7 aromatic rings. The molecule has 35 heteroatoms. The molecule has 0 aliphatic rings. The highest BCUT2D eigenvalue weighted by Gasteiger charge is 2.32. The Hall–Kier alpha value is -9.52. The van der Waals surface area contributed by atoms with Gasteiger partial charge >= 0.3 is 0 Å². The van der Waals surface area contributed by atoms with Gasteiger partial charge in [-0.25, -0.2) is 0 Å². The molecule has 0 saturated carbocycles. The monoisotopic (exact) mass is 1980 g/mol. The maximum Gasteiger partial charge on any atom is 0.273 e. The highest BCUT2D eigenvalue weighted by molar-refractivity contribution is 5.96. The highest BCUT2D eigenvalue weighted by atomic mass is 16.5. The fourth-order valence-electron chi connectivity index (χ4n) is 14.4. The number of aryl methyl sites for hydroxylation is 7. The number of nitrogens with zero attached hydrogens (tertiary/aromatic N) is 10. The Labute approximate surface area is 846 Å². The van der Waals surface area contributed by atoms with Crippen LogP contribution in [0.15, 0.2) is 49.9 Å². The van der Waals surface area contributed by atoms with Gasteiger partial charge in [0.2, 0.25) is 0 Å². The van der Waals surface area contributed by atoms with E-state index in [2.05, 4.69) is 276 Å². The van der Waals surface area contributed by atoms with Crippen molar-refractivity contribution in [2.45, 2.75) is 318 Å². The van der Waals surface area contributed by atoms with Crippen molar-refractivity contribution >= 4 is 41.4 Å². The van der Waals surface area contributed by atoms with E-state index in [-0.39, 0.29) is 79.3 Å². The first-order valence-corrected chi connectivity index (χ1v) is 51.9. The molecule has 7 amide bonds. The molecule has 7 aromatic heterocycles. The van der Waals surface area contributed by atoms with Gasteiger partial charge in [-0.15, -0.1) is 0 Å². The lowest BCUT2D eigenvalue weighted by Gasteiger charge is -2.30. The van der Waals surface area contributed by atoms with Gasteiger partial charge in [-0.1, -0.05) is 236 Å². The summed E-state index contributed by atoms with van der Waals surface area (Å²) in [6, 6.07) is 5.09. The summed E-state index contributed by atoms with van der Waals surface area (Å²) >= 11 is 0. The first-order valence-electron chi connectivity index (χ1n) is 51.9. The summed E-state index contributed by atoms with van der Waals surface area (Å²) in [6.45, 7) is 84.2. The lowest BCUT2D eigenvalue weighted by atomic mass is 9.87. The summed E-state index contributed by atoms with van der Waals surface area (Å²) in [6.07, 6.45) is 14.1. The van der Waals surface area contributed by atoms with Crippen LogP contribution in [0, 0.1) is 65.6 Å². The van der Waals surface area contributed by atoms with E-state index in [1.165, 1.54) is 12.8 Å². The molecule has 0 saturated heterocycles. The summed E-state index contributed by atoms with van der Waals surface area (Å²) in [5.41, 5.74) is 6.27. The maximum atomic E-state index is 12.3. The Bertz CT molecular complexity index is 4660. The molecule has 0 bridgehead atoms. The van der Waals surface area contributed by atoms with Gasteiger partial charge in [-0.3, -0.25) is 33.6 Å². The van der Waals surface area contributed by atoms with Crippen molar-refractivity contribution in [3.8, 4) is 0 Å². The van der Waals surface area contributed by atoms with Crippen LogP contribution in [0.25, 0.3) is 0 Å². The molecular formula is C106H191N21O14. The first-order chi connectivity index (χ1) is 66.4. The zero-order chi connectivity index (χ0) is 107. The van der Waals surface area contributed by atoms with Crippen molar-refractivity contribution in [3.63, 3.8) is 0 Å². The lowest BCUT2D eigenvalue weighted by molar-refractivity contribution is 0.0909. The first kappa shape index (κ1) is 129. The normalized spacial score (nSPS) is 12.4. The fourth-order valence-corrected chi connectivity index (χ4v) is 14.4. The Kier molecular flexibility index (Phi) is 61.7. The number of hydrogen-bond donors (Lipinski definition) is 11. The van der Waals surface area contributed by atoms with Gasteiger partial charge in [0.05, 0.1) is 0 Å². The molecule has 141 heavy (non-hydrogen) atoms. The van der Waals surface area contributed by atoms with Gasteiger partial charge in [-0.05, 0) is 178 Å². The van der Waals surface area contributed by atoms with Crippen molar-refractivity contribution in [2.24, 2.45) is 37.9 Å². The van der Waals surface area contributed by atoms with E-state index in [4.69, 9.17) is 31.7 Å². The quantitative estimate of drug-likeness (QED) is 0.0158. The van der Waals surface area contributed by atoms with E-state index in [9.17, 15) is 33.6 Å². The number of amides is 7. The van der Waals surface area contributed by atoms with Crippen LogP contribution in [-0.2, 0) is 44.9 Å². The topological polar surface area (TPSA) is 444 Å². The number of unbranched alkanes of at least 4 members (excludes halogenated alkanes) is 1. The molecular weight excluding hydrogens is 1790 g/mol. The lowest BCUT2D eigenvalue weighted by Crippen LogP contribution is -2.42. The van der Waals surface area contributed by atoms with Crippen molar-refractivity contribution < 1.29 is 65.2 Å². The number of hydrogen-bond acceptors (Lipinski definition) is 28. The summed E-state index contributed by atoms with van der Waals surface area (Å²) in [5, 5.41) is 61.1. The van der Waals surface area contributed by atoms with E-state index in [1.807, 2.05) is 76.2 Å². The van der Waals surface area contributed by atoms with Gasteiger partial charge in [-0.2, -0.15) is 0 Å². The minimum atomic E-state index is -0.174. The zero-order valence-corrected chi connectivity index (χ0v) is 93.9. The average Bonchev–Trinajstić information content (AvgIpc) is 1.71. The number of carbonyl (C=O) groups excluding carboxylic acids is 7. The number of rotatable bonds is 57. The number of carbonyl (C=O) groups is 7. The molecule has 2 atom stereocenters. The van der Waals surface area contributed by atoms with Gasteiger partial charge in [0.1, 0.15) is 40.3 Å². The predicted octanol–water partition coefficient (Wildman–Crippen LogP) is 16.6. The Balaban J connectivity index is 0.000000823. The van der Waals surface area contributed by atoms with Gasteiger partial charge < -0.3 is 105 Å². The number of aromatic nitrogens is 7. The summed E-state index contributed by atoms with van der Waals surface area (Å²) in [5.74, 6) is 4.20. The summed E-state index contributed by atoms with van der Waals surface area (Å²) in [4.78, 5) is 91.4. The van der Waals surface area contributed by atoms with Crippen LogP contribution in [0.1, 0.15) is 381 Å². The minimum Gasteiger partial charge on any atom is -0.361 e. The van der Waals surface area contributed by atoms with E-state index in [0.29, 0.717) is 85.7 Å². The molecule has 7 heterocycles. The van der Waals surface area contributed by atoms with Gasteiger partial charge in [0.15, 0.2) is 39.9 Å². The SMILES string of the molecule is CCCCN(C)CC(C)(C)CNC(=O)c1noc(CC)c1C.CCCNCC(C)(C)CNC(=O)c1cc(CC)on1.CCCNCC(C)(C)CNC(=O)c1noc(CC)c1C.CCCNCC(C)(CC)CNC(=O)c1cc(CC)on1.CCCNCC(C)(CC)CNC(=O)c1noc(CC)c1C.CCc1cc(C(=O)NCC(C)(C)CN(C)CC)no1.CCc1onc(C(=O)NCC(C)(C)CN(C)CC)c1C. The third kappa shape index (κ3) is 50.5. The van der Waals surface area contributed by atoms with Gasteiger partial charge in [0, 0.05) is 177 Å². The van der Waals surface area contributed by atoms with Crippen molar-refractivity contribution in [2.75, 3.05) is 159 Å². The molecule has 7 rings (SSSR count). The molecule has 2 unspecified atom stereocenters. The average molecular weight is 1980 g/mol. The minimum absolute atomic E-state index is 0.00998. The second-order valence-corrected chi connectivity index (χ2v) is 41.7. The Morgan fingerprint density at radius 2 is 0.511 bits per heavy atom. The fraction of sp³-hybridized carbons (Fsp3) is 0.736. The molecule has 804 valence electrons. The molecule has 0 fully saturated rings. The van der Waals surface area contributed by atoms with Gasteiger partial charge in [0.25, 0.3) is 41.4 Å². The van der Waals surface area contributed by atoms with Crippen molar-refractivity contribution in [1.82, 2.24) is 109 Å².